The molecule has 0 radical (unpaired) electrons. The Kier molecular flexibility index (Phi) is 8.51. The maximum absolute atomic E-state index is 6.87. The van der Waals surface area contributed by atoms with Crippen LogP contribution in [-0.2, 0) is 0 Å². The molecule has 0 aliphatic carbocycles. The molecule has 0 N–H and O–H groups in total. The predicted octanol–water partition coefficient (Wildman–Crippen LogP) is 16.8. The van der Waals surface area contributed by atoms with Crippen LogP contribution in [0, 0.1) is 0 Å². The van der Waals surface area contributed by atoms with Crippen LogP contribution in [0.2, 0.25) is 0 Å². The number of rotatable bonds is 8. The van der Waals surface area contributed by atoms with E-state index in [4.69, 9.17) is 9.40 Å². The molecule has 0 atom stereocenters. The highest BCUT2D eigenvalue weighted by atomic mass is 32.1. The Balaban J connectivity index is 1.16. The Hall–Kier alpha value is -7.51. The largest absolute Gasteiger partial charge is 0.436 e. The van der Waals surface area contributed by atoms with Crippen LogP contribution in [0.15, 0.2) is 217 Å². The fraction of sp³-hybridized carbons (Fsp3) is 0. The number of nitrogens with zero attached hydrogens (tertiary/aromatic N) is 3. The van der Waals surface area contributed by atoms with Crippen LogP contribution < -0.4 is 9.80 Å². The van der Waals surface area contributed by atoms with Crippen LogP contribution in [0.25, 0.3) is 74.0 Å². The number of aromatic nitrogens is 1. The van der Waals surface area contributed by atoms with Gasteiger partial charge in [-0.05, 0) is 77.9 Å². The molecule has 288 valence electrons. The summed E-state index contributed by atoms with van der Waals surface area (Å²) in [4.78, 5) is 10.1. The number of hydrogen-bond acceptors (Lipinski definition) is 6. The fourth-order valence-electron chi connectivity index (χ4n) is 8.66. The summed E-state index contributed by atoms with van der Waals surface area (Å²) >= 11 is 3.66. The monoisotopic (exact) mass is 817 g/mol. The maximum Gasteiger partial charge on any atom is 0.227 e. The van der Waals surface area contributed by atoms with Crippen LogP contribution in [0.1, 0.15) is 0 Å². The molecule has 0 aliphatic heterocycles. The Morgan fingerprint density at radius 1 is 0.361 bits per heavy atom. The van der Waals surface area contributed by atoms with Crippen LogP contribution in [0.5, 0.6) is 0 Å². The first kappa shape index (κ1) is 35.4. The first-order chi connectivity index (χ1) is 30.2. The van der Waals surface area contributed by atoms with Crippen LogP contribution in [0.3, 0.4) is 0 Å². The lowest BCUT2D eigenvalue weighted by Gasteiger charge is -2.30. The molecule has 0 spiro atoms. The molecule has 0 amide bonds. The molecule has 0 aliphatic rings. The molecular formula is C55H35N3OS2. The molecule has 9 aromatic carbocycles. The lowest BCUT2D eigenvalue weighted by molar-refractivity contribution is 0.620. The second-order valence-electron chi connectivity index (χ2n) is 15.1. The molecule has 3 aromatic heterocycles. The van der Waals surface area contributed by atoms with Crippen molar-refractivity contribution < 1.29 is 4.42 Å². The van der Waals surface area contributed by atoms with Crippen molar-refractivity contribution in [2.24, 2.45) is 0 Å². The molecule has 0 fully saturated rings. The standard InChI is InChI=1S/C55H35N3OS2/c1-4-16-36(17-5-1)37-30-32-40(33-31-37)58(47-27-15-25-45-43-23-11-13-29-51(43)61-54(45)47)48-34-41(35-49-52(48)56-55(59-49)38-18-6-2-7-19-38)57(39-20-8-3-9-21-39)46-26-14-24-44-42-22-10-12-28-50(42)60-53(44)46/h1-35H. The minimum atomic E-state index is 0.575. The molecular weight excluding hydrogens is 783 g/mol. The second-order valence-corrected chi connectivity index (χ2v) is 17.2. The Morgan fingerprint density at radius 3 is 1.48 bits per heavy atom. The van der Waals surface area contributed by atoms with Gasteiger partial charge in [0.05, 0.1) is 32.1 Å². The van der Waals surface area contributed by atoms with Gasteiger partial charge in [-0.25, -0.2) is 4.98 Å². The highest BCUT2D eigenvalue weighted by Crippen LogP contribution is 2.50. The van der Waals surface area contributed by atoms with Crippen molar-refractivity contribution in [3.05, 3.63) is 212 Å². The fourth-order valence-corrected chi connectivity index (χ4v) is 11.1. The number of oxazole rings is 1. The average molecular weight is 818 g/mol. The summed E-state index contributed by atoms with van der Waals surface area (Å²) in [7, 11) is 0. The zero-order valence-electron chi connectivity index (χ0n) is 32.8. The Bertz CT molecular complexity index is 3540. The van der Waals surface area contributed by atoms with Crippen LogP contribution >= 0.6 is 22.7 Å². The zero-order valence-corrected chi connectivity index (χ0v) is 34.4. The van der Waals surface area contributed by atoms with Gasteiger partial charge in [0.25, 0.3) is 0 Å². The first-order valence-corrected chi connectivity index (χ1v) is 22.0. The lowest BCUT2D eigenvalue weighted by Crippen LogP contribution is -2.14. The van der Waals surface area contributed by atoms with E-state index in [9.17, 15) is 0 Å². The average Bonchev–Trinajstić information content (AvgIpc) is 4.05. The Morgan fingerprint density at radius 2 is 0.852 bits per heavy atom. The first-order valence-electron chi connectivity index (χ1n) is 20.4. The molecule has 0 saturated heterocycles. The third kappa shape index (κ3) is 6.07. The SMILES string of the molecule is c1ccc(-c2ccc(N(c3cc(N(c4ccccc4)c4cccc5c4sc4ccccc45)cc4oc(-c5ccccc5)nc34)c3cccc4c3sc3ccccc34)cc2)cc1. The van der Waals surface area contributed by atoms with Gasteiger partial charge in [-0.15, -0.1) is 22.7 Å². The van der Waals surface area contributed by atoms with E-state index in [0.717, 1.165) is 50.8 Å². The zero-order chi connectivity index (χ0) is 40.3. The molecule has 12 rings (SSSR count). The van der Waals surface area contributed by atoms with Gasteiger partial charge in [-0.3, -0.25) is 0 Å². The van der Waals surface area contributed by atoms with Gasteiger partial charge >= 0.3 is 0 Å². The number of para-hydroxylation sites is 1. The van der Waals surface area contributed by atoms with Gasteiger partial charge in [0.2, 0.25) is 5.89 Å². The van der Waals surface area contributed by atoms with Gasteiger partial charge in [0.15, 0.2) is 5.58 Å². The van der Waals surface area contributed by atoms with E-state index in [2.05, 4.69) is 204 Å². The quantitative estimate of drug-likeness (QED) is 0.153. The molecule has 61 heavy (non-hydrogen) atoms. The van der Waals surface area contributed by atoms with E-state index in [1.54, 1.807) is 0 Å². The van der Waals surface area contributed by atoms with Gasteiger partial charge in [-0.1, -0.05) is 140 Å². The van der Waals surface area contributed by atoms with E-state index in [-0.39, 0.29) is 0 Å². The third-order valence-corrected chi connectivity index (χ3v) is 13.9. The molecule has 12 aromatic rings. The number of anilines is 6. The third-order valence-electron chi connectivity index (χ3n) is 11.5. The van der Waals surface area contributed by atoms with Crippen molar-refractivity contribution in [3.8, 4) is 22.6 Å². The summed E-state index contributed by atoms with van der Waals surface area (Å²) in [5.74, 6) is 0.575. The molecule has 4 nitrogen and oxygen atoms in total. The summed E-state index contributed by atoms with van der Waals surface area (Å²) in [6.45, 7) is 0. The number of thiophene rings is 2. The number of hydrogen-bond donors (Lipinski definition) is 0. The van der Waals surface area contributed by atoms with E-state index < -0.39 is 0 Å². The van der Waals surface area contributed by atoms with E-state index in [0.29, 0.717) is 11.5 Å². The molecule has 3 heterocycles. The normalized spacial score (nSPS) is 11.6. The summed E-state index contributed by atoms with van der Waals surface area (Å²) in [6.07, 6.45) is 0. The smallest absolute Gasteiger partial charge is 0.227 e. The van der Waals surface area contributed by atoms with Crippen molar-refractivity contribution >= 4 is 108 Å². The van der Waals surface area contributed by atoms with E-state index in [1.807, 2.05) is 40.9 Å². The van der Waals surface area contributed by atoms with Crippen molar-refractivity contribution in [2.75, 3.05) is 9.80 Å². The molecule has 0 bridgehead atoms. The van der Waals surface area contributed by atoms with Gasteiger partial charge in [0, 0.05) is 53.9 Å². The van der Waals surface area contributed by atoms with Crippen LogP contribution in [0.4, 0.5) is 34.1 Å². The van der Waals surface area contributed by atoms with Gasteiger partial charge < -0.3 is 14.2 Å². The minimum absolute atomic E-state index is 0.575. The summed E-state index contributed by atoms with van der Waals surface area (Å²) < 4.78 is 11.8. The molecule has 0 unspecified atom stereocenters. The van der Waals surface area contributed by atoms with Gasteiger partial charge in [-0.2, -0.15) is 0 Å². The Labute approximate surface area is 360 Å². The summed E-state index contributed by atoms with van der Waals surface area (Å²) in [5.41, 5.74) is 10.9. The number of benzene rings is 9. The van der Waals surface area contributed by atoms with E-state index in [1.165, 1.54) is 45.9 Å². The van der Waals surface area contributed by atoms with Crippen molar-refractivity contribution in [2.45, 2.75) is 0 Å². The molecule has 6 heteroatoms. The second kappa shape index (κ2) is 14.6. The predicted molar refractivity (Wildman–Crippen MR) is 260 cm³/mol. The highest BCUT2D eigenvalue weighted by molar-refractivity contribution is 7.26. The van der Waals surface area contributed by atoms with Crippen molar-refractivity contribution in [1.29, 1.82) is 0 Å². The minimum Gasteiger partial charge on any atom is -0.436 e. The van der Waals surface area contributed by atoms with Crippen molar-refractivity contribution in [3.63, 3.8) is 0 Å². The summed E-state index contributed by atoms with van der Waals surface area (Å²) in [5, 5.41) is 4.98. The van der Waals surface area contributed by atoms with Crippen molar-refractivity contribution in [1.82, 2.24) is 4.98 Å². The highest BCUT2D eigenvalue weighted by Gasteiger charge is 2.26. The topological polar surface area (TPSA) is 32.5 Å². The summed E-state index contributed by atoms with van der Waals surface area (Å²) in [6, 6.07) is 75.5. The lowest BCUT2D eigenvalue weighted by atomic mass is 10.0. The van der Waals surface area contributed by atoms with Crippen LogP contribution in [-0.4, -0.2) is 4.98 Å². The number of fused-ring (bicyclic) bond motifs is 7. The van der Waals surface area contributed by atoms with E-state index >= 15 is 0 Å². The maximum atomic E-state index is 6.87. The molecule has 0 saturated carbocycles. The van der Waals surface area contributed by atoms with Gasteiger partial charge in [0.1, 0.15) is 5.52 Å².